The van der Waals surface area contributed by atoms with Crippen molar-refractivity contribution in [1.29, 1.82) is 0 Å². The number of hydrogen-bond acceptors (Lipinski definition) is 5. The first-order valence-electron chi connectivity index (χ1n) is 9.37. The number of likely N-dealkylation sites (N-methyl/N-ethyl adjacent to an activating group) is 1. The molecule has 28 heavy (non-hydrogen) atoms. The second-order valence-corrected chi connectivity index (χ2v) is 6.27. The van der Waals surface area contributed by atoms with Gasteiger partial charge in [-0.1, -0.05) is 44.2 Å². The van der Waals surface area contributed by atoms with Gasteiger partial charge in [0.1, 0.15) is 12.4 Å². The van der Waals surface area contributed by atoms with E-state index in [0.717, 1.165) is 19.6 Å². The Labute approximate surface area is 163 Å². The number of fused-ring (bicyclic) bond motifs is 1. The van der Waals surface area contributed by atoms with Crippen LogP contribution in [0.1, 0.15) is 24.3 Å². The lowest BCUT2D eigenvalue weighted by Crippen LogP contribution is -2.28. The van der Waals surface area contributed by atoms with Gasteiger partial charge in [-0.15, -0.1) is 0 Å². The summed E-state index contributed by atoms with van der Waals surface area (Å²) >= 11 is 0. The van der Waals surface area contributed by atoms with Crippen LogP contribution in [0.2, 0.25) is 0 Å². The van der Waals surface area contributed by atoms with Crippen molar-refractivity contribution in [2.45, 2.75) is 13.8 Å². The Bertz CT molecular complexity index is 1010. The summed E-state index contributed by atoms with van der Waals surface area (Å²) in [5.74, 6) is 0.184. The molecular formula is C21H24N4O3. The van der Waals surface area contributed by atoms with Crippen LogP contribution >= 0.6 is 0 Å². The zero-order valence-electron chi connectivity index (χ0n) is 16.1. The highest BCUT2D eigenvalue weighted by Crippen LogP contribution is 2.25. The van der Waals surface area contributed by atoms with Crippen LogP contribution in [0.4, 0.5) is 5.69 Å². The zero-order chi connectivity index (χ0) is 19.9. The number of para-hydroxylation sites is 2. The van der Waals surface area contributed by atoms with Crippen LogP contribution in [0.5, 0.6) is 5.75 Å². The Hall–Kier alpha value is -3.19. The smallest absolute Gasteiger partial charge is 0.276 e. The number of ether oxygens (including phenoxy) is 1. The summed E-state index contributed by atoms with van der Waals surface area (Å²) in [6, 6.07) is 14.2. The van der Waals surface area contributed by atoms with Gasteiger partial charge in [-0.25, -0.2) is 5.10 Å². The standard InChI is InChI=1S/C21H24N4O3/c1-3-25(4-2)13-14-28-18-12-8-7-11-17(18)22-21(27)19-15-9-5-6-10-16(15)20(26)24-23-19/h5-12H,3-4,13-14H2,1-2H3,(H,22,27)(H,24,26). The molecule has 0 atom stereocenters. The van der Waals surface area contributed by atoms with Crippen molar-refractivity contribution in [3.05, 3.63) is 64.6 Å². The van der Waals surface area contributed by atoms with Crippen molar-refractivity contribution >= 4 is 22.4 Å². The van der Waals surface area contributed by atoms with Crippen LogP contribution in [-0.2, 0) is 0 Å². The highest BCUT2D eigenvalue weighted by molar-refractivity contribution is 6.11. The van der Waals surface area contributed by atoms with Crippen LogP contribution in [-0.4, -0.2) is 47.2 Å². The first kappa shape index (κ1) is 19.6. The van der Waals surface area contributed by atoms with Crippen LogP contribution < -0.4 is 15.6 Å². The number of benzene rings is 2. The Morgan fingerprint density at radius 1 is 1.07 bits per heavy atom. The molecule has 146 valence electrons. The van der Waals surface area contributed by atoms with E-state index in [0.29, 0.717) is 28.8 Å². The summed E-state index contributed by atoms with van der Waals surface area (Å²) in [5.41, 5.74) is 0.393. The van der Waals surface area contributed by atoms with Gasteiger partial charge in [-0.2, -0.15) is 5.10 Å². The Balaban J connectivity index is 1.78. The molecule has 0 fully saturated rings. The molecule has 0 unspecified atom stereocenters. The minimum Gasteiger partial charge on any atom is -0.490 e. The van der Waals surface area contributed by atoms with Crippen LogP contribution in [0.15, 0.2) is 53.3 Å². The molecule has 0 aliphatic rings. The fourth-order valence-corrected chi connectivity index (χ4v) is 2.99. The lowest BCUT2D eigenvalue weighted by Gasteiger charge is -2.19. The average molecular weight is 380 g/mol. The second-order valence-electron chi connectivity index (χ2n) is 6.27. The minimum absolute atomic E-state index is 0.160. The normalized spacial score (nSPS) is 11.0. The molecular weight excluding hydrogens is 356 g/mol. The summed E-state index contributed by atoms with van der Waals surface area (Å²) in [6.07, 6.45) is 0. The molecule has 7 nitrogen and oxygen atoms in total. The van der Waals surface area contributed by atoms with Crippen molar-refractivity contribution < 1.29 is 9.53 Å². The van der Waals surface area contributed by atoms with Crippen molar-refractivity contribution in [3.8, 4) is 5.75 Å². The molecule has 0 aliphatic carbocycles. The molecule has 0 bridgehead atoms. The van der Waals surface area contributed by atoms with Gasteiger partial charge >= 0.3 is 0 Å². The lowest BCUT2D eigenvalue weighted by atomic mass is 10.1. The van der Waals surface area contributed by atoms with E-state index < -0.39 is 5.91 Å². The molecule has 1 aromatic heterocycles. The predicted molar refractivity (Wildman–Crippen MR) is 110 cm³/mol. The summed E-state index contributed by atoms with van der Waals surface area (Å²) < 4.78 is 5.88. The molecule has 1 heterocycles. The number of anilines is 1. The van der Waals surface area contributed by atoms with Gasteiger partial charge in [0.15, 0.2) is 5.69 Å². The first-order valence-corrected chi connectivity index (χ1v) is 9.37. The van der Waals surface area contributed by atoms with E-state index in [1.807, 2.05) is 18.2 Å². The van der Waals surface area contributed by atoms with E-state index in [-0.39, 0.29) is 11.3 Å². The monoisotopic (exact) mass is 380 g/mol. The van der Waals surface area contributed by atoms with E-state index in [2.05, 4.69) is 34.3 Å². The third-order valence-corrected chi connectivity index (χ3v) is 4.61. The number of H-pyrrole nitrogens is 1. The number of rotatable bonds is 8. The maximum Gasteiger partial charge on any atom is 0.276 e. The fourth-order valence-electron chi connectivity index (χ4n) is 2.99. The van der Waals surface area contributed by atoms with E-state index in [1.54, 1.807) is 30.3 Å². The molecule has 2 N–H and O–H groups in total. The Morgan fingerprint density at radius 2 is 1.75 bits per heavy atom. The summed E-state index contributed by atoms with van der Waals surface area (Å²) in [4.78, 5) is 27.0. The molecule has 0 spiro atoms. The summed E-state index contributed by atoms with van der Waals surface area (Å²) in [6.45, 7) is 7.47. The van der Waals surface area contributed by atoms with E-state index in [9.17, 15) is 9.59 Å². The first-order chi connectivity index (χ1) is 13.6. The van der Waals surface area contributed by atoms with Gasteiger partial charge in [0.25, 0.3) is 11.5 Å². The number of hydrogen-bond donors (Lipinski definition) is 2. The van der Waals surface area contributed by atoms with Gasteiger partial charge < -0.3 is 15.0 Å². The zero-order valence-corrected chi connectivity index (χ0v) is 16.1. The van der Waals surface area contributed by atoms with Crippen molar-refractivity contribution in [2.75, 3.05) is 31.6 Å². The molecule has 0 radical (unpaired) electrons. The number of aromatic amines is 1. The molecule has 1 amide bonds. The number of aromatic nitrogens is 2. The molecule has 0 saturated carbocycles. The minimum atomic E-state index is -0.410. The maximum atomic E-state index is 12.8. The van der Waals surface area contributed by atoms with Gasteiger partial charge in [0.05, 0.1) is 11.1 Å². The molecule has 0 aliphatic heterocycles. The number of amides is 1. The fraction of sp³-hybridized carbons (Fsp3) is 0.286. The number of carbonyl (C=O) groups is 1. The quantitative estimate of drug-likeness (QED) is 0.627. The van der Waals surface area contributed by atoms with Gasteiger partial charge in [0, 0.05) is 11.9 Å². The lowest BCUT2D eigenvalue weighted by molar-refractivity contribution is 0.102. The van der Waals surface area contributed by atoms with E-state index in [4.69, 9.17) is 4.74 Å². The molecule has 2 aromatic carbocycles. The van der Waals surface area contributed by atoms with Crippen molar-refractivity contribution in [3.63, 3.8) is 0 Å². The van der Waals surface area contributed by atoms with Crippen molar-refractivity contribution in [1.82, 2.24) is 15.1 Å². The van der Waals surface area contributed by atoms with Gasteiger partial charge in [0.2, 0.25) is 0 Å². The SMILES string of the molecule is CCN(CC)CCOc1ccccc1NC(=O)c1n[nH]c(=O)c2ccccc12. The second kappa shape index (κ2) is 9.14. The number of nitrogens with zero attached hydrogens (tertiary/aromatic N) is 2. The van der Waals surface area contributed by atoms with Crippen LogP contribution in [0.25, 0.3) is 10.8 Å². The molecule has 3 aromatic rings. The third kappa shape index (κ3) is 4.37. The molecule has 3 rings (SSSR count). The van der Waals surface area contributed by atoms with E-state index in [1.165, 1.54) is 0 Å². The number of nitrogens with one attached hydrogen (secondary N) is 2. The Kier molecular flexibility index (Phi) is 6.39. The summed E-state index contributed by atoms with van der Waals surface area (Å²) in [7, 11) is 0. The van der Waals surface area contributed by atoms with Gasteiger partial charge in [-0.3, -0.25) is 9.59 Å². The molecule has 7 heteroatoms. The van der Waals surface area contributed by atoms with Crippen LogP contribution in [0, 0.1) is 0 Å². The average Bonchev–Trinajstić information content (AvgIpc) is 2.73. The summed E-state index contributed by atoms with van der Waals surface area (Å²) in [5, 5.41) is 10.1. The topological polar surface area (TPSA) is 87.3 Å². The number of carbonyl (C=O) groups excluding carboxylic acids is 1. The van der Waals surface area contributed by atoms with Gasteiger partial charge in [-0.05, 0) is 31.3 Å². The maximum absolute atomic E-state index is 12.8. The highest BCUT2D eigenvalue weighted by Gasteiger charge is 2.16. The highest BCUT2D eigenvalue weighted by atomic mass is 16.5. The van der Waals surface area contributed by atoms with Crippen LogP contribution in [0.3, 0.4) is 0 Å². The third-order valence-electron chi connectivity index (χ3n) is 4.61. The van der Waals surface area contributed by atoms with E-state index >= 15 is 0 Å². The predicted octanol–water partition coefficient (Wildman–Crippen LogP) is 2.90. The largest absolute Gasteiger partial charge is 0.490 e. The molecule has 0 saturated heterocycles. The van der Waals surface area contributed by atoms with Crippen molar-refractivity contribution in [2.24, 2.45) is 0 Å². The Morgan fingerprint density at radius 3 is 2.50 bits per heavy atom.